The predicted molar refractivity (Wildman–Crippen MR) is 92.6 cm³/mol. The number of aliphatic hydroxyl groups excluding tert-OH is 1. The van der Waals surface area contributed by atoms with Crippen LogP contribution in [0.25, 0.3) is 0 Å². The van der Waals surface area contributed by atoms with E-state index in [0.29, 0.717) is 5.92 Å². The van der Waals surface area contributed by atoms with E-state index in [1.54, 1.807) is 0 Å². The molecule has 1 aliphatic heterocycles. The van der Waals surface area contributed by atoms with E-state index in [4.69, 9.17) is 0 Å². The number of carbonyl (C=O) groups excluding carboxylic acids is 1. The standard InChI is InChI=1S/C9H18O2.C7H15N.C2H6/c1-4-7(2)8(3)9(11)5-6-10;1-3-7-5-4-6-8(7)2;1-2/h6-9,11H,4-5H2,1-3H3;7H,3-6H2,1-2H3;1-2H3. The highest BCUT2D eigenvalue weighted by molar-refractivity contribution is 5.50. The zero-order valence-electron chi connectivity index (χ0n) is 15.4. The van der Waals surface area contributed by atoms with Crippen LogP contribution in [0.2, 0.25) is 0 Å². The number of nitrogens with zero attached hydrogens (tertiary/aromatic N) is 1. The van der Waals surface area contributed by atoms with Crippen LogP contribution in [0, 0.1) is 11.8 Å². The van der Waals surface area contributed by atoms with Crippen LogP contribution in [0.4, 0.5) is 0 Å². The van der Waals surface area contributed by atoms with Gasteiger partial charge in [-0.25, -0.2) is 0 Å². The molecule has 1 fully saturated rings. The molecule has 4 unspecified atom stereocenters. The van der Waals surface area contributed by atoms with E-state index in [9.17, 15) is 9.90 Å². The summed E-state index contributed by atoms with van der Waals surface area (Å²) < 4.78 is 0. The fourth-order valence-corrected chi connectivity index (χ4v) is 2.56. The maximum Gasteiger partial charge on any atom is 0.122 e. The molecule has 128 valence electrons. The average molecular weight is 302 g/mol. The lowest BCUT2D eigenvalue weighted by Gasteiger charge is -2.22. The van der Waals surface area contributed by atoms with E-state index >= 15 is 0 Å². The summed E-state index contributed by atoms with van der Waals surface area (Å²) in [5.41, 5.74) is 0. The van der Waals surface area contributed by atoms with Crippen molar-refractivity contribution in [1.29, 1.82) is 0 Å². The van der Waals surface area contributed by atoms with Crippen molar-refractivity contribution in [2.24, 2.45) is 11.8 Å². The second kappa shape index (κ2) is 14.5. The largest absolute Gasteiger partial charge is 0.392 e. The van der Waals surface area contributed by atoms with Crippen molar-refractivity contribution in [3.05, 3.63) is 0 Å². The van der Waals surface area contributed by atoms with Crippen molar-refractivity contribution >= 4 is 6.29 Å². The molecular weight excluding hydrogens is 262 g/mol. The zero-order valence-corrected chi connectivity index (χ0v) is 15.4. The van der Waals surface area contributed by atoms with E-state index in [0.717, 1.165) is 18.7 Å². The molecule has 0 aromatic carbocycles. The highest BCUT2D eigenvalue weighted by atomic mass is 16.3. The first-order chi connectivity index (χ1) is 9.97. The summed E-state index contributed by atoms with van der Waals surface area (Å²) in [5, 5.41) is 9.39. The third-order valence-electron chi connectivity index (χ3n) is 4.63. The number of aliphatic hydroxyl groups is 1. The van der Waals surface area contributed by atoms with Gasteiger partial charge in [-0.05, 0) is 44.7 Å². The highest BCUT2D eigenvalue weighted by Crippen LogP contribution is 2.19. The lowest BCUT2D eigenvalue weighted by atomic mass is 9.88. The Balaban J connectivity index is 0. The summed E-state index contributed by atoms with van der Waals surface area (Å²) in [7, 11) is 2.22. The SMILES string of the molecule is CC.CCC(C)C(C)C(O)CC=O.CCC1CCCN1C. The summed E-state index contributed by atoms with van der Waals surface area (Å²) in [6.45, 7) is 13.8. The molecule has 3 nitrogen and oxygen atoms in total. The number of likely N-dealkylation sites (tertiary alicyclic amines) is 1. The Hall–Kier alpha value is -0.410. The molecule has 0 radical (unpaired) electrons. The van der Waals surface area contributed by atoms with Gasteiger partial charge in [-0.1, -0.05) is 48.0 Å². The van der Waals surface area contributed by atoms with E-state index in [1.165, 1.54) is 25.8 Å². The van der Waals surface area contributed by atoms with Gasteiger partial charge in [0.25, 0.3) is 0 Å². The highest BCUT2D eigenvalue weighted by Gasteiger charge is 2.18. The maximum absolute atomic E-state index is 10.1. The Morgan fingerprint density at radius 1 is 1.29 bits per heavy atom. The van der Waals surface area contributed by atoms with Gasteiger partial charge in [-0.3, -0.25) is 0 Å². The molecule has 0 bridgehead atoms. The van der Waals surface area contributed by atoms with Gasteiger partial charge in [0.05, 0.1) is 6.10 Å². The summed E-state index contributed by atoms with van der Waals surface area (Å²) in [4.78, 5) is 12.5. The van der Waals surface area contributed by atoms with Gasteiger partial charge >= 0.3 is 0 Å². The fourth-order valence-electron chi connectivity index (χ4n) is 2.56. The molecule has 1 rings (SSSR count). The van der Waals surface area contributed by atoms with Crippen molar-refractivity contribution in [2.75, 3.05) is 13.6 Å². The molecule has 3 heteroatoms. The third kappa shape index (κ3) is 10.0. The van der Waals surface area contributed by atoms with Crippen molar-refractivity contribution in [3.8, 4) is 0 Å². The Morgan fingerprint density at radius 2 is 1.86 bits per heavy atom. The number of hydrogen-bond donors (Lipinski definition) is 1. The minimum atomic E-state index is -0.456. The molecule has 0 aromatic rings. The summed E-state index contributed by atoms with van der Waals surface area (Å²) in [6.07, 6.45) is 5.81. The molecule has 0 spiro atoms. The van der Waals surface area contributed by atoms with Gasteiger partial charge in [-0.15, -0.1) is 0 Å². The minimum Gasteiger partial charge on any atom is -0.392 e. The van der Waals surface area contributed by atoms with E-state index in [2.05, 4.69) is 32.7 Å². The molecule has 0 saturated carbocycles. The minimum absolute atomic E-state index is 0.227. The van der Waals surface area contributed by atoms with E-state index in [1.807, 2.05) is 20.8 Å². The van der Waals surface area contributed by atoms with Gasteiger partial charge < -0.3 is 14.8 Å². The van der Waals surface area contributed by atoms with Crippen molar-refractivity contribution in [2.45, 2.75) is 85.8 Å². The molecule has 1 aliphatic rings. The molecule has 1 N–H and O–H groups in total. The Bertz CT molecular complexity index is 233. The number of rotatable bonds is 6. The van der Waals surface area contributed by atoms with Crippen LogP contribution >= 0.6 is 0 Å². The summed E-state index contributed by atoms with van der Waals surface area (Å²) in [5.74, 6) is 0.718. The monoisotopic (exact) mass is 301 g/mol. The molecule has 0 amide bonds. The van der Waals surface area contributed by atoms with Crippen LogP contribution < -0.4 is 0 Å². The molecule has 4 atom stereocenters. The van der Waals surface area contributed by atoms with Crippen LogP contribution in [-0.2, 0) is 4.79 Å². The smallest absolute Gasteiger partial charge is 0.122 e. The van der Waals surface area contributed by atoms with Gasteiger partial charge in [0, 0.05) is 12.5 Å². The van der Waals surface area contributed by atoms with Crippen molar-refractivity contribution in [3.63, 3.8) is 0 Å². The quantitative estimate of drug-likeness (QED) is 0.750. The molecule has 0 aromatic heterocycles. The number of hydrogen-bond acceptors (Lipinski definition) is 3. The zero-order chi connectivity index (χ0) is 16.8. The second-order valence-corrected chi connectivity index (χ2v) is 5.90. The second-order valence-electron chi connectivity index (χ2n) is 5.90. The van der Waals surface area contributed by atoms with Crippen LogP contribution in [0.5, 0.6) is 0 Å². The van der Waals surface area contributed by atoms with Crippen LogP contribution in [0.15, 0.2) is 0 Å². The van der Waals surface area contributed by atoms with Crippen LogP contribution in [-0.4, -0.2) is 42.0 Å². The Morgan fingerprint density at radius 3 is 2.14 bits per heavy atom. The van der Waals surface area contributed by atoms with Gasteiger partial charge in [0.15, 0.2) is 0 Å². The first-order valence-electron chi connectivity index (χ1n) is 8.79. The first-order valence-corrected chi connectivity index (χ1v) is 8.79. The molecule has 0 aliphatic carbocycles. The average Bonchev–Trinajstić information content (AvgIpc) is 2.93. The third-order valence-corrected chi connectivity index (χ3v) is 4.63. The Kier molecular flexibility index (Phi) is 15.8. The van der Waals surface area contributed by atoms with Gasteiger partial charge in [0.1, 0.15) is 6.29 Å². The van der Waals surface area contributed by atoms with Crippen molar-refractivity contribution in [1.82, 2.24) is 4.90 Å². The molecular formula is C18H39NO2. The molecule has 1 heterocycles. The van der Waals surface area contributed by atoms with Crippen LogP contribution in [0.1, 0.15) is 73.6 Å². The normalized spacial score (nSPS) is 22.2. The van der Waals surface area contributed by atoms with Gasteiger partial charge in [0.2, 0.25) is 0 Å². The van der Waals surface area contributed by atoms with E-state index < -0.39 is 6.10 Å². The first kappa shape index (κ1) is 22.9. The van der Waals surface area contributed by atoms with Crippen molar-refractivity contribution < 1.29 is 9.90 Å². The van der Waals surface area contributed by atoms with E-state index in [-0.39, 0.29) is 12.3 Å². The molecule has 1 saturated heterocycles. The lowest BCUT2D eigenvalue weighted by molar-refractivity contribution is -0.110. The summed E-state index contributed by atoms with van der Waals surface area (Å²) in [6, 6.07) is 0.898. The topological polar surface area (TPSA) is 40.5 Å². The maximum atomic E-state index is 10.1. The lowest BCUT2D eigenvalue weighted by Crippen LogP contribution is -2.23. The Labute approximate surface area is 133 Å². The fraction of sp³-hybridized carbons (Fsp3) is 0.944. The van der Waals surface area contributed by atoms with Crippen LogP contribution in [0.3, 0.4) is 0 Å². The molecule has 21 heavy (non-hydrogen) atoms. The number of carbonyl (C=O) groups is 1. The predicted octanol–water partition coefficient (Wildman–Crippen LogP) is 4.14. The summed E-state index contributed by atoms with van der Waals surface area (Å²) >= 11 is 0. The van der Waals surface area contributed by atoms with Gasteiger partial charge in [-0.2, -0.15) is 0 Å². The number of aldehydes is 1.